The molecule has 0 saturated carbocycles. The van der Waals surface area contributed by atoms with Gasteiger partial charge >= 0.3 is 12.1 Å². The number of carbonyl (C=O) groups is 1. The molecule has 1 aromatic heterocycles. The van der Waals surface area contributed by atoms with Gasteiger partial charge in [0.1, 0.15) is 16.6 Å². The Balaban J connectivity index is 1.63. The zero-order valence-electron chi connectivity index (χ0n) is 23.4. The molecule has 1 atom stereocenters. The SMILES string of the molecule is COc1ccc(CN2CC(C(=O)O)n3c2c(-c2cccc(C(F)(F)F)c2)c(Cc2cccc4ccccc24)c(Cl)c3=O)cc1. The Bertz CT molecular complexity index is 1950. The van der Waals surface area contributed by atoms with Gasteiger partial charge in [-0.05, 0) is 57.3 Å². The zero-order valence-corrected chi connectivity index (χ0v) is 24.2. The van der Waals surface area contributed by atoms with Gasteiger partial charge in [-0.15, -0.1) is 0 Å². The van der Waals surface area contributed by atoms with Gasteiger partial charge in [0.25, 0.3) is 5.56 Å². The number of anilines is 1. The van der Waals surface area contributed by atoms with Crippen LogP contribution in [0.5, 0.6) is 5.75 Å². The Kier molecular flexibility index (Phi) is 7.59. The number of benzene rings is 4. The molecule has 10 heteroatoms. The maximum absolute atomic E-state index is 13.9. The Morgan fingerprint density at radius 3 is 2.41 bits per heavy atom. The van der Waals surface area contributed by atoms with E-state index in [1.54, 1.807) is 17.0 Å². The zero-order chi connectivity index (χ0) is 31.2. The van der Waals surface area contributed by atoms with E-state index in [1.165, 1.54) is 19.2 Å². The van der Waals surface area contributed by atoms with Crippen LogP contribution in [-0.2, 0) is 23.9 Å². The maximum atomic E-state index is 13.9. The van der Waals surface area contributed by atoms with Crippen LogP contribution in [0.2, 0.25) is 5.02 Å². The molecule has 224 valence electrons. The van der Waals surface area contributed by atoms with Gasteiger partial charge < -0.3 is 14.7 Å². The van der Waals surface area contributed by atoms with E-state index in [0.717, 1.165) is 38.6 Å². The molecule has 1 aliphatic heterocycles. The Hall–Kier alpha value is -4.76. The third-order valence-corrected chi connectivity index (χ3v) is 8.36. The first-order chi connectivity index (χ1) is 21.1. The molecule has 0 amide bonds. The molecular formula is C34H26ClF3N2O4. The first-order valence-corrected chi connectivity index (χ1v) is 14.2. The second kappa shape index (κ2) is 11.4. The first kappa shape index (κ1) is 29.3. The minimum Gasteiger partial charge on any atom is -0.497 e. The second-order valence-corrected chi connectivity index (χ2v) is 11.0. The Morgan fingerprint density at radius 2 is 1.70 bits per heavy atom. The smallest absolute Gasteiger partial charge is 0.416 e. The number of hydrogen-bond acceptors (Lipinski definition) is 4. The number of ether oxygens (including phenoxy) is 1. The average molecular weight is 619 g/mol. The van der Waals surface area contributed by atoms with Gasteiger partial charge in [-0.3, -0.25) is 9.36 Å². The number of aliphatic carboxylic acids is 1. The molecule has 44 heavy (non-hydrogen) atoms. The summed E-state index contributed by atoms with van der Waals surface area (Å²) in [5.74, 6) is -0.417. The molecule has 1 aliphatic rings. The fourth-order valence-electron chi connectivity index (χ4n) is 5.91. The third-order valence-electron chi connectivity index (χ3n) is 7.97. The van der Waals surface area contributed by atoms with E-state index in [-0.39, 0.29) is 41.5 Å². The summed E-state index contributed by atoms with van der Waals surface area (Å²) in [6, 6.07) is 24.0. The number of hydrogen-bond donors (Lipinski definition) is 1. The number of rotatable bonds is 7. The summed E-state index contributed by atoms with van der Waals surface area (Å²) >= 11 is 6.79. The fraction of sp³-hybridized carbons (Fsp3) is 0.176. The molecule has 0 spiro atoms. The summed E-state index contributed by atoms with van der Waals surface area (Å²) in [6.45, 7) is 0.102. The van der Waals surface area contributed by atoms with Crippen LogP contribution in [0.25, 0.3) is 21.9 Å². The Labute approximate surface area is 255 Å². The summed E-state index contributed by atoms with van der Waals surface area (Å²) in [7, 11) is 1.54. The largest absolute Gasteiger partial charge is 0.497 e. The molecule has 0 aliphatic carbocycles. The van der Waals surface area contributed by atoms with E-state index in [4.69, 9.17) is 16.3 Å². The molecule has 6 nitrogen and oxygen atoms in total. The standard InChI is InChI=1S/C34H26ClF3N2O4/c1-44-25-14-12-20(13-15-25)18-39-19-28(33(42)43)40-31(39)29(23-9-5-10-24(16-23)34(36,37)38)27(30(35)32(40)41)17-22-8-4-7-21-6-2-3-11-26(21)22/h2-16,28H,17-19H2,1H3,(H,42,43). The van der Waals surface area contributed by atoms with Crippen molar-refractivity contribution in [2.75, 3.05) is 18.6 Å². The molecule has 6 rings (SSSR count). The minimum absolute atomic E-state index is 0.0867. The van der Waals surface area contributed by atoms with Gasteiger partial charge in [0.05, 0.1) is 19.2 Å². The van der Waals surface area contributed by atoms with Crippen molar-refractivity contribution in [2.45, 2.75) is 25.2 Å². The van der Waals surface area contributed by atoms with Crippen LogP contribution in [0, 0.1) is 0 Å². The lowest BCUT2D eigenvalue weighted by atomic mass is 9.92. The van der Waals surface area contributed by atoms with Crippen LogP contribution < -0.4 is 15.2 Å². The number of carboxylic acid groups (broad SMARTS) is 1. The number of pyridine rings is 1. The van der Waals surface area contributed by atoms with Gasteiger partial charge in [0.2, 0.25) is 0 Å². The molecule has 1 unspecified atom stereocenters. The van der Waals surface area contributed by atoms with E-state index in [9.17, 15) is 27.9 Å². The number of carboxylic acids is 1. The average Bonchev–Trinajstić information content (AvgIpc) is 3.39. The van der Waals surface area contributed by atoms with Crippen LogP contribution in [0.1, 0.15) is 28.3 Å². The van der Waals surface area contributed by atoms with E-state index in [0.29, 0.717) is 11.3 Å². The van der Waals surface area contributed by atoms with Crippen LogP contribution >= 0.6 is 11.6 Å². The number of methoxy groups -OCH3 is 1. The quantitative estimate of drug-likeness (QED) is 0.204. The van der Waals surface area contributed by atoms with Crippen molar-refractivity contribution in [2.24, 2.45) is 0 Å². The van der Waals surface area contributed by atoms with Crippen molar-refractivity contribution >= 4 is 34.2 Å². The molecule has 2 heterocycles. The number of alkyl halides is 3. The highest BCUT2D eigenvalue weighted by atomic mass is 35.5. The van der Waals surface area contributed by atoms with Crippen LogP contribution in [0.15, 0.2) is 95.8 Å². The van der Waals surface area contributed by atoms with Crippen molar-refractivity contribution in [3.63, 3.8) is 0 Å². The Morgan fingerprint density at radius 1 is 1.00 bits per heavy atom. The first-order valence-electron chi connectivity index (χ1n) is 13.8. The normalized spacial score (nSPS) is 14.6. The van der Waals surface area contributed by atoms with E-state index in [2.05, 4.69) is 0 Å². The molecule has 0 saturated heterocycles. The van der Waals surface area contributed by atoms with E-state index < -0.39 is 29.3 Å². The molecule has 1 N–H and O–H groups in total. The fourth-order valence-corrected chi connectivity index (χ4v) is 6.16. The maximum Gasteiger partial charge on any atom is 0.416 e. The topological polar surface area (TPSA) is 71.8 Å². The summed E-state index contributed by atoms with van der Waals surface area (Å²) in [4.78, 5) is 28.1. The lowest BCUT2D eigenvalue weighted by Gasteiger charge is -2.25. The second-order valence-electron chi connectivity index (χ2n) is 10.6. The van der Waals surface area contributed by atoms with E-state index in [1.807, 2.05) is 54.6 Å². The lowest BCUT2D eigenvalue weighted by molar-refractivity contribution is -0.140. The number of halogens is 4. The summed E-state index contributed by atoms with van der Waals surface area (Å²) in [5, 5.41) is 11.8. The van der Waals surface area contributed by atoms with Gasteiger partial charge in [-0.2, -0.15) is 13.2 Å². The molecule has 0 radical (unpaired) electrons. The minimum atomic E-state index is -4.63. The molecule has 0 fully saturated rings. The molecule has 5 aromatic rings. The van der Waals surface area contributed by atoms with Crippen LogP contribution in [-0.4, -0.2) is 29.3 Å². The predicted octanol–water partition coefficient (Wildman–Crippen LogP) is 7.59. The molecular weight excluding hydrogens is 593 g/mol. The van der Waals surface area contributed by atoms with Crippen LogP contribution in [0.4, 0.5) is 19.0 Å². The highest BCUT2D eigenvalue weighted by Gasteiger charge is 2.39. The van der Waals surface area contributed by atoms with E-state index >= 15 is 0 Å². The summed E-state index contributed by atoms with van der Waals surface area (Å²) in [6.07, 6.45) is -4.50. The highest BCUT2D eigenvalue weighted by molar-refractivity contribution is 6.32. The van der Waals surface area contributed by atoms with Crippen molar-refractivity contribution < 1.29 is 27.8 Å². The molecule has 4 aromatic carbocycles. The summed E-state index contributed by atoms with van der Waals surface area (Å²) in [5.41, 5.74) is 0.800. The highest BCUT2D eigenvalue weighted by Crippen LogP contribution is 2.44. The third kappa shape index (κ3) is 5.28. The van der Waals surface area contributed by atoms with Crippen molar-refractivity contribution in [1.82, 2.24) is 4.57 Å². The number of nitrogens with zero attached hydrogens (tertiary/aromatic N) is 2. The lowest BCUT2D eigenvalue weighted by Crippen LogP contribution is -2.29. The van der Waals surface area contributed by atoms with Crippen molar-refractivity contribution in [3.8, 4) is 16.9 Å². The van der Waals surface area contributed by atoms with Gasteiger partial charge in [-0.25, -0.2) is 4.79 Å². The van der Waals surface area contributed by atoms with Gasteiger partial charge in [-0.1, -0.05) is 78.3 Å². The number of aromatic nitrogens is 1. The van der Waals surface area contributed by atoms with Crippen molar-refractivity contribution in [3.05, 3.63) is 129 Å². The predicted molar refractivity (Wildman–Crippen MR) is 164 cm³/mol. The van der Waals surface area contributed by atoms with Crippen LogP contribution in [0.3, 0.4) is 0 Å². The summed E-state index contributed by atoms with van der Waals surface area (Å²) < 4.78 is 48.2. The monoisotopic (exact) mass is 618 g/mol. The van der Waals surface area contributed by atoms with Gasteiger partial charge in [0.15, 0.2) is 6.04 Å². The van der Waals surface area contributed by atoms with Gasteiger partial charge in [0, 0.05) is 18.5 Å². The number of fused-ring (bicyclic) bond motifs is 2. The van der Waals surface area contributed by atoms with Crippen molar-refractivity contribution in [1.29, 1.82) is 0 Å². The molecule has 0 bridgehead atoms.